The highest BCUT2D eigenvalue weighted by Crippen LogP contribution is 2.66. The number of allylic oxidation sites excluding steroid dienone is 1. The van der Waals surface area contributed by atoms with Crippen LogP contribution in [0.1, 0.15) is 60.3 Å². The zero-order chi connectivity index (χ0) is 13.5. The van der Waals surface area contributed by atoms with Crippen LogP contribution in [0.2, 0.25) is 0 Å². The molecule has 0 bridgehead atoms. The lowest BCUT2D eigenvalue weighted by atomic mass is 9.90. The lowest BCUT2D eigenvalue weighted by Crippen LogP contribution is -2.20. The van der Waals surface area contributed by atoms with Crippen LogP contribution in [0, 0.1) is 17.3 Å². The van der Waals surface area contributed by atoms with Gasteiger partial charge in [-0.2, -0.15) is 0 Å². The van der Waals surface area contributed by atoms with Gasteiger partial charge in [0.25, 0.3) is 0 Å². The minimum atomic E-state index is -0.0533. The highest BCUT2D eigenvalue weighted by molar-refractivity contribution is 5.69. The molecule has 0 aromatic heterocycles. The number of carbonyl (C=O) groups is 1. The molecular formula is C16H26O2. The number of carbonyl (C=O) groups excluding carboxylic acids is 1. The Labute approximate surface area is 111 Å². The summed E-state index contributed by atoms with van der Waals surface area (Å²) in [6.45, 7) is 11.0. The number of esters is 1. The first-order valence-corrected chi connectivity index (χ1v) is 7.25. The Morgan fingerprint density at radius 1 is 1.39 bits per heavy atom. The Kier molecular flexibility index (Phi) is 3.57. The van der Waals surface area contributed by atoms with Crippen molar-refractivity contribution in [1.82, 2.24) is 0 Å². The van der Waals surface area contributed by atoms with Gasteiger partial charge in [-0.05, 0) is 55.9 Å². The number of hydrogen-bond acceptors (Lipinski definition) is 2. The van der Waals surface area contributed by atoms with Crippen LogP contribution in [0.5, 0.6) is 0 Å². The van der Waals surface area contributed by atoms with Crippen LogP contribution in [-0.2, 0) is 9.53 Å². The Balaban J connectivity index is 1.98. The molecule has 0 saturated heterocycles. The summed E-state index contributed by atoms with van der Waals surface area (Å²) < 4.78 is 5.54. The molecule has 0 amide bonds. The molecule has 102 valence electrons. The van der Waals surface area contributed by atoms with Crippen LogP contribution in [0.15, 0.2) is 11.1 Å². The van der Waals surface area contributed by atoms with Gasteiger partial charge in [0, 0.05) is 6.42 Å². The third-order valence-electron chi connectivity index (χ3n) is 5.06. The molecule has 0 spiro atoms. The maximum atomic E-state index is 11.6. The summed E-state index contributed by atoms with van der Waals surface area (Å²) in [4.78, 5) is 11.6. The maximum absolute atomic E-state index is 11.6. The second-order valence-electron chi connectivity index (χ2n) is 6.63. The van der Waals surface area contributed by atoms with Gasteiger partial charge in [-0.1, -0.05) is 26.3 Å². The summed E-state index contributed by atoms with van der Waals surface area (Å²) in [6.07, 6.45) is 3.70. The first-order chi connectivity index (χ1) is 8.37. The maximum Gasteiger partial charge on any atom is 0.306 e. The SMILES string of the molecule is CCCC(=O)OC(C)C1=C(C)CC2C(C1)C2(C)C. The summed E-state index contributed by atoms with van der Waals surface area (Å²) in [6, 6.07) is 0. The summed E-state index contributed by atoms with van der Waals surface area (Å²) in [5.41, 5.74) is 3.33. The van der Waals surface area contributed by atoms with Gasteiger partial charge in [-0.25, -0.2) is 0 Å². The number of fused-ring (bicyclic) bond motifs is 1. The van der Waals surface area contributed by atoms with Gasteiger partial charge < -0.3 is 4.74 Å². The second-order valence-corrected chi connectivity index (χ2v) is 6.63. The lowest BCUT2D eigenvalue weighted by Gasteiger charge is -2.23. The number of ether oxygens (including phenoxy) is 1. The Morgan fingerprint density at radius 2 is 2.00 bits per heavy atom. The fourth-order valence-electron chi connectivity index (χ4n) is 3.58. The van der Waals surface area contributed by atoms with E-state index in [1.54, 1.807) is 0 Å². The molecule has 1 saturated carbocycles. The van der Waals surface area contributed by atoms with Crippen LogP contribution in [0.4, 0.5) is 0 Å². The molecule has 3 unspecified atom stereocenters. The highest BCUT2D eigenvalue weighted by Gasteiger charge is 2.58. The molecule has 2 nitrogen and oxygen atoms in total. The van der Waals surface area contributed by atoms with Crippen LogP contribution >= 0.6 is 0 Å². The third kappa shape index (κ3) is 2.34. The Morgan fingerprint density at radius 3 is 2.61 bits per heavy atom. The number of rotatable bonds is 4. The van der Waals surface area contributed by atoms with E-state index in [9.17, 15) is 4.79 Å². The molecule has 0 aliphatic heterocycles. The van der Waals surface area contributed by atoms with Gasteiger partial charge in [-0.15, -0.1) is 0 Å². The van der Waals surface area contributed by atoms with E-state index in [1.807, 2.05) is 13.8 Å². The van der Waals surface area contributed by atoms with Gasteiger partial charge in [0.1, 0.15) is 6.10 Å². The molecule has 0 N–H and O–H groups in total. The molecule has 3 atom stereocenters. The van der Waals surface area contributed by atoms with Crippen molar-refractivity contribution in [1.29, 1.82) is 0 Å². The van der Waals surface area contributed by atoms with Crippen molar-refractivity contribution in [2.24, 2.45) is 17.3 Å². The quantitative estimate of drug-likeness (QED) is 0.554. The first-order valence-electron chi connectivity index (χ1n) is 7.25. The molecule has 0 aromatic carbocycles. The minimum absolute atomic E-state index is 0.0265. The Hall–Kier alpha value is -0.790. The van der Waals surface area contributed by atoms with Gasteiger partial charge >= 0.3 is 5.97 Å². The average molecular weight is 250 g/mol. The smallest absolute Gasteiger partial charge is 0.306 e. The van der Waals surface area contributed by atoms with Gasteiger partial charge in [0.2, 0.25) is 0 Å². The monoisotopic (exact) mass is 250 g/mol. The fraction of sp³-hybridized carbons (Fsp3) is 0.812. The van der Waals surface area contributed by atoms with Gasteiger partial charge in [-0.3, -0.25) is 4.79 Å². The second kappa shape index (κ2) is 4.71. The average Bonchev–Trinajstić information content (AvgIpc) is 2.79. The molecule has 2 aliphatic rings. The summed E-state index contributed by atoms with van der Waals surface area (Å²) in [7, 11) is 0. The third-order valence-corrected chi connectivity index (χ3v) is 5.06. The van der Waals surface area contributed by atoms with Crippen LogP contribution in [-0.4, -0.2) is 12.1 Å². The zero-order valence-electron chi connectivity index (χ0n) is 12.4. The van der Waals surface area contributed by atoms with Crippen molar-refractivity contribution in [3.63, 3.8) is 0 Å². The molecule has 1 fully saturated rings. The molecule has 2 rings (SSSR count). The molecule has 0 heterocycles. The van der Waals surface area contributed by atoms with Crippen molar-refractivity contribution in [3.05, 3.63) is 11.1 Å². The highest BCUT2D eigenvalue weighted by atomic mass is 16.5. The van der Waals surface area contributed by atoms with E-state index < -0.39 is 0 Å². The summed E-state index contributed by atoms with van der Waals surface area (Å²) >= 11 is 0. The zero-order valence-corrected chi connectivity index (χ0v) is 12.4. The van der Waals surface area contributed by atoms with E-state index >= 15 is 0 Å². The lowest BCUT2D eigenvalue weighted by molar-refractivity contribution is -0.146. The number of hydrogen-bond donors (Lipinski definition) is 0. The van der Waals surface area contributed by atoms with E-state index in [1.165, 1.54) is 17.6 Å². The van der Waals surface area contributed by atoms with E-state index in [2.05, 4.69) is 20.8 Å². The fourth-order valence-corrected chi connectivity index (χ4v) is 3.58. The summed E-state index contributed by atoms with van der Waals surface area (Å²) in [5.74, 6) is 1.62. The predicted octanol–water partition coefficient (Wildman–Crippen LogP) is 4.10. The van der Waals surface area contributed by atoms with Crippen molar-refractivity contribution in [3.8, 4) is 0 Å². The largest absolute Gasteiger partial charge is 0.458 e. The van der Waals surface area contributed by atoms with E-state index in [0.29, 0.717) is 11.8 Å². The van der Waals surface area contributed by atoms with Crippen molar-refractivity contribution in [2.75, 3.05) is 0 Å². The Bertz CT molecular complexity index is 379. The molecule has 2 aliphatic carbocycles. The normalized spacial score (nSPS) is 30.7. The molecule has 2 heteroatoms. The van der Waals surface area contributed by atoms with Crippen LogP contribution in [0.3, 0.4) is 0 Å². The van der Waals surface area contributed by atoms with Gasteiger partial charge in [0.15, 0.2) is 0 Å². The van der Waals surface area contributed by atoms with Crippen molar-refractivity contribution in [2.45, 2.75) is 66.4 Å². The van der Waals surface area contributed by atoms with Crippen LogP contribution < -0.4 is 0 Å². The van der Waals surface area contributed by atoms with Gasteiger partial charge in [0.05, 0.1) is 0 Å². The molecule has 0 aromatic rings. The predicted molar refractivity (Wildman–Crippen MR) is 73.2 cm³/mol. The van der Waals surface area contributed by atoms with Crippen LogP contribution in [0.25, 0.3) is 0 Å². The van der Waals surface area contributed by atoms with E-state index in [-0.39, 0.29) is 12.1 Å². The van der Waals surface area contributed by atoms with Crippen molar-refractivity contribution >= 4 is 5.97 Å². The molecular weight excluding hydrogens is 224 g/mol. The van der Waals surface area contributed by atoms with Crippen molar-refractivity contribution < 1.29 is 9.53 Å². The first kappa shape index (κ1) is 13.6. The molecule has 0 radical (unpaired) electrons. The van der Waals surface area contributed by atoms with E-state index in [4.69, 9.17) is 4.74 Å². The standard InChI is InChI=1S/C16H26O2/c1-6-7-15(17)18-11(3)12-9-14-13(8-10(12)2)16(14,4)5/h11,13-14H,6-9H2,1-5H3. The molecule has 18 heavy (non-hydrogen) atoms. The minimum Gasteiger partial charge on any atom is -0.458 e. The summed E-state index contributed by atoms with van der Waals surface area (Å²) in [5, 5.41) is 0. The van der Waals surface area contributed by atoms with E-state index in [0.717, 1.165) is 24.7 Å². The topological polar surface area (TPSA) is 26.3 Å².